The molecule has 2 N–H and O–H groups in total. The van der Waals surface area contributed by atoms with E-state index in [9.17, 15) is 4.79 Å². The Hall–Kier alpha value is -2.99. The Labute approximate surface area is 171 Å². The zero-order valence-corrected chi connectivity index (χ0v) is 16.9. The number of anilines is 1. The van der Waals surface area contributed by atoms with Gasteiger partial charge in [0.2, 0.25) is 5.91 Å². The summed E-state index contributed by atoms with van der Waals surface area (Å²) in [7, 11) is 1.70. The molecular weight excluding hydrogens is 364 g/mol. The molecule has 0 aliphatic carbocycles. The average Bonchev–Trinajstić information content (AvgIpc) is 3.17. The number of piperazine rings is 1. The Bertz CT molecular complexity index is 960. The predicted octanol–water partition coefficient (Wildman–Crippen LogP) is 2.66. The SMILES string of the molecule is COc1ccccc1N1CCN(CC(=O)NCCc2c[nH]c3ccccc23)CC1. The Kier molecular flexibility index (Phi) is 6.00. The molecule has 1 amide bonds. The summed E-state index contributed by atoms with van der Waals surface area (Å²) in [4.78, 5) is 20.2. The lowest BCUT2D eigenvalue weighted by Gasteiger charge is -2.36. The topological polar surface area (TPSA) is 60.6 Å². The number of amides is 1. The van der Waals surface area contributed by atoms with Gasteiger partial charge in [0.05, 0.1) is 19.3 Å². The highest BCUT2D eigenvalue weighted by Gasteiger charge is 2.20. The average molecular weight is 393 g/mol. The second-order valence-corrected chi connectivity index (χ2v) is 7.39. The van der Waals surface area contributed by atoms with E-state index in [4.69, 9.17) is 4.74 Å². The largest absolute Gasteiger partial charge is 0.495 e. The number of ether oxygens (including phenoxy) is 1. The first-order chi connectivity index (χ1) is 14.2. The number of hydrogen-bond acceptors (Lipinski definition) is 4. The molecule has 4 rings (SSSR count). The van der Waals surface area contributed by atoms with Crippen LogP contribution in [-0.2, 0) is 11.2 Å². The fraction of sp³-hybridized carbons (Fsp3) is 0.348. The third kappa shape index (κ3) is 4.54. The van der Waals surface area contributed by atoms with Gasteiger partial charge in [0.25, 0.3) is 0 Å². The minimum Gasteiger partial charge on any atom is -0.495 e. The van der Waals surface area contributed by atoms with Crippen LogP contribution in [0.25, 0.3) is 10.9 Å². The molecule has 0 atom stereocenters. The molecule has 0 saturated carbocycles. The predicted molar refractivity (Wildman–Crippen MR) is 117 cm³/mol. The van der Waals surface area contributed by atoms with E-state index in [1.165, 1.54) is 10.9 Å². The highest BCUT2D eigenvalue weighted by molar-refractivity contribution is 5.83. The molecule has 2 heterocycles. The van der Waals surface area contributed by atoms with Crippen LogP contribution in [0.3, 0.4) is 0 Å². The molecule has 152 valence electrons. The van der Waals surface area contributed by atoms with E-state index in [0.29, 0.717) is 13.1 Å². The quantitative estimate of drug-likeness (QED) is 0.649. The van der Waals surface area contributed by atoms with Gasteiger partial charge in [-0.2, -0.15) is 0 Å². The minimum absolute atomic E-state index is 0.0931. The number of aromatic nitrogens is 1. The maximum Gasteiger partial charge on any atom is 0.234 e. The summed E-state index contributed by atoms with van der Waals surface area (Å²) in [6.07, 6.45) is 2.87. The van der Waals surface area contributed by atoms with Gasteiger partial charge >= 0.3 is 0 Å². The Morgan fingerprint density at radius 1 is 1.07 bits per heavy atom. The summed E-state index contributed by atoms with van der Waals surface area (Å²) in [6.45, 7) is 4.63. The summed E-state index contributed by atoms with van der Waals surface area (Å²) in [6, 6.07) is 16.4. The second-order valence-electron chi connectivity index (χ2n) is 7.39. The molecule has 1 aliphatic heterocycles. The van der Waals surface area contributed by atoms with Gasteiger partial charge in [-0.3, -0.25) is 9.69 Å². The standard InChI is InChI=1S/C23H28N4O2/c1-29-22-9-5-4-8-21(22)27-14-12-26(13-15-27)17-23(28)24-11-10-18-16-25-20-7-3-2-6-19(18)20/h2-9,16,25H,10-15,17H2,1H3,(H,24,28). The Morgan fingerprint density at radius 2 is 1.83 bits per heavy atom. The number of carbonyl (C=O) groups excluding carboxylic acids is 1. The summed E-state index contributed by atoms with van der Waals surface area (Å²) in [5, 5.41) is 4.30. The van der Waals surface area contributed by atoms with Gasteiger partial charge in [-0.05, 0) is 30.2 Å². The summed E-state index contributed by atoms with van der Waals surface area (Å²) in [5.41, 5.74) is 3.51. The van der Waals surface area contributed by atoms with Crippen LogP contribution in [0.4, 0.5) is 5.69 Å². The van der Waals surface area contributed by atoms with E-state index in [-0.39, 0.29) is 5.91 Å². The Balaban J connectivity index is 1.22. The number of hydrogen-bond donors (Lipinski definition) is 2. The van der Waals surface area contributed by atoms with Crippen LogP contribution < -0.4 is 15.0 Å². The number of benzene rings is 2. The highest BCUT2D eigenvalue weighted by atomic mass is 16.5. The van der Waals surface area contributed by atoms with Crippen molar-refractivity contribution in [1.82, 2.24) is 15.2 Å². The van der Waals surface area contributed by atoms with Gasteiger partial charge in [-0.15, -0.1) is 0 Å². The lowest BCUT2D eigenvalue weighted by Crippen LogP contribution is -2.49. The monoisotopic (exact) mass is 392 g/mol. The van der Waals surface area contributed by atoms with Crippen LogP contribution in [0.15, 0.2) is 54.7 Å². The van der Waals surface area contributed by atoms with Gasteiger partial charge in [0, 0.05) is 49.8 Å². The molecule has 1 aromatic heterocycles. The fourth-order valence-electron chi connectivity index (χ4n) is 3.97. The molecule has 3 aromatic rings. The van der Waals surface area contributed by atoms with E-state index in [1.807, 2.05) is 36.5 Å². The molecule has 0 unspecified atom stereocenters. The number of rotatable bonds is 7. The highest BCUT2D eigenvalue weighted by Crippen LogP contribution is 2.28. The summed E-state index contributed by atoms with van der Waals surface area (Å²) < 4.78 is 5.47. The van der Waals surface area contributed by atoms with Crippen molar-refractivity contribution in [3.8, 4) is 5.75 Å². The van der Waals surface area contributed by atoms with Crippen LogP contribution in [-0.4, -0.2) is 62.2 Å². The van der Waals surface area contributed by atoms with Gasteiger partial charge in [-0.25, -0.2) is 0 Å². The zero-order valence-electron chi connectivity index (χ0n) is 16.9. The van der Waals surface area contributed by atoms with Crippen LogP contribution in [0.2, 0.25) is 0 Å². The molecule has 2 aromatic carbocycles. The molecular formula is C23H28N4O2. The van der Waals surface area contributed by atoms with Gasteiger partial charge in [0.1, 0.15) is 5.75 Å². The molecule has 1 aliphatic rings. The van der Waals surface area contributed by atoms with Crippen molar-refractivity contribution in [3.05, 3.63) is 60.3 Å². The van der Waals surface area contributed by atoms with Crippen LogP contribution in [0, 0.1) is 0 Å². The van der Waals surface area contributed by atoms with Crippen LogP contribution in [0.1, 0.15) is 5.56 Å². The maximum absolute atomic E-state index is 12.4. The van der Waals surface area contributed by atoms with Crippen molar-refractivity contribution < 1.29 is 9.53 Å². The first-order valence-corrected chi connectivity index (χ1v) is 10.2. The number of methoxy groups -OCH3 is 1. The minimum atomic E-state index is 0.0931. The molecule has 1 fully saturated rings. The van der Waals surface area contributed by atoms with Crippen molar-refractivity contribution in [2.75, 3.05) is 51.3 Å². The molecule has 0 bridgehead atoms. The third-order valence-electron chi connectivity index (χ3n) is 5.56. The Morgan fingerprint density at radius 3 is 2.66 bits per heavy atom. The van der Waals surface area contributed by atoms with E-state index in [0.717, 1.165) is 49.6 Å². The third-order valence-corrected chi connectivity index (χ3v) is 5.56. The van der Waals surface area contributed by atoms with Gasteiger partial charge in [-0.1, -0.05) is 30.3 Å². The van der Waals surface area contributed by atoms with E-state index < -0.39 is 0 Å². The number of carbonyl (C=O) groups is 1. The lowest BCUT2D eigenvalue weighted by atomic mass is 10.1. The number of nitrogens with one attached hydrogen (secondary N) is 2. The van der Waals surface area contributed by atoms with Crippen molar-refractivity contribution in [1.29, 1.82) is 0 Å². The fourth-order valence-corrected chi connectivity index (χ4v) is 3.97. The summed E-state index contributed by atoms with van der Waals surface area (Å²) in [5.74, 6) is 0.992. The normalized spacial score (nSPS) is 14.9. The molecule has 6 nitrogen and oxygen atoms in total. The van der Waals surface area contributed by atoms with E-state index in [1.54, 1.807) is 7.11 Å². The van der Waals surface area contributed by atoms with Crippen LogP contribution in [0.5, 0.6) is 5.75 Å². The van der Waals surface area contributed by atoms with Crippen molar-refractivity contribution in [2.45, 2.75) is 6.42 Å². The van der Waals surface area contributed by atoms with Crippen molar-refractivity contribution in [2.24, 2.45) is 0 Å². The zero-order chi connectivity index (χ0) is 20.1. The summed E-state index contributed by atoms with van der Waals surface area (Å²) >= 11 is 0. The van der Waals surface area contributed by atoms with E-state index >= 15 is 0 Å². The first kappa shape index (κ1) is 19.3. The first-order valence-electron chi connectivity index (χ1n) is 10.2. The smallest absolute Gasteiger partial charge is 0.234 e. The van der Waals surface area contributed by atoms with Gasteiger partial charge < -0.3 is 19.9 Å². The lowest BCUT2D eigenvalue weighted by molar-refractivity contribution is -0.122. The molecule has 6 heteroatoms. The molecule has 0 spiro atoms. The maximum atomic E-state index is 12.4. The van der Waals surface area contributed by atoms with Gasteiger partial charge in [0.15, 0.2) is 0 Å². The molecule has 0 radical (unpaired) electrons. The number of para-hydroxylation sites is 3. The van der Waals surface area contributed by atoms with E-state index in [2.05, 4.69) is 38.3 Å². The number of H-pyrrole nitrogens is 1. The second kappa shape index (κ2) is 9.01. The van der Waals surface area contributed by atoms with Crippen molar-refractivity contribution >= 4 is 22.5 Å². The molecule has 1 saturated heterocycles. The number of aromatic amines is 1. The van der Waals surface area contributed by atoms with Crippen molar-refractivity contribution in [3.63, 3.8) is 0 Å². The number of nitrogens with zero attached hydrogens (tertiary/aromatic N) is 2. The molecule has 29 heavy (non-hydrogen) atoms. The van der Waals surface area contributed by atoms with Crippen LogP contribution >= 0.6 is 0 Å². The number of fused-ring (bicyclic) bond motifs is 1.